The summed E-state index contributed by atoms with van der Waals surface area (Å²) in [5.41, 5.74) is 1.19. The van der Waals surface area contributed by atoms with Crippen LogP contribution < -0.4 is 15.4 Å². The lowest BCUT2D eigenvalue weighted by molar-refractivity contribution is -0.121. The van der Waals surface area contributed by atoms with Crippen molar-refractivity contribution in [1.29, 1.82) is 0 Å². The van der Waals surface area contributed by atoms with Gasteiger partial charge in [-0.25, -0.2) is 9.37 Å². The minimum atomic E-state index is -1.05. The van der Waals surface area contributed by atoms with E-state index < -0.39 is 24.0 Å². The number of nitrogens with one attached hydrogen (secondary N) is 2. The van der Waals surface area contributed by atoms with Crippen LogP contribution in [0.3, 0.4) is 0 Å². The number of alkyl halides is 1. The number of aromatic nitrogens is 1. The Balaban J connectivity index is 1.44. The molecule has 2 aliphatic carbocycles. The summed E-state index contributed by atoms with van der Waals surface area (Å²) < 4.78 is 19.0. The van der Waals surface area contributed by atoms with Crippen LogP contribution in [0.1, 0.15) is 54.1 Å². The average Bonchev–Trinajstić information content (AvgIpc) is 3.52. The third kappa shape index (κ3) is 3.98. The zero-order valence-corrected chi connectivity index (χ0v) is 14.0. The number of nitrogens with zero attached hydrogens (tertiary/aromatic N) is 1. The van der Waals surface area contributed by atoms with E-state index in [4.69, 9.17) is 4.74 Å². The van der Waals surface area contributed by atoms with Crippen molar-refractivity contribution in [3.05, 3.63) is 23.4 Å². The molecule has 2 amide bonds. The first-order chi connectivity index (χ1) is 12.1. The summed E-state index contributed by atoms with van der Waals surface area (Å²) in [6, 6.07) is 2.83. The van der Waals surface area contributed by atoms with Crippen molar-refractivity contribution in [3.8, 4) is 5.88 Å². The van der Waals surface area contributed by atoms with Gasteiger partial charge in [-0.15, -0.1) is 0 Å². The van der Waals surface area contributed by atoms with Crippen molar-refractivity contribution in [1.82, 2.24) is 15.6 Å². The number of imide groups is 1. The Kier molecular flexibility index (Phi) is 4.41. The highest BCUT2D eigenvalue weighted by Crippen LogP contribution is 2.44. The van der Waals surface area contributed by atoms with Crippen molar-refractivity contribution in [2.45, 2.75) is 50.2 Å². The topological polar surface area (TPSA) is 80.3 Å². The molecule has 0 radical (unpaired) electrons. The van der Waals surface area contributed by atoms with Gasteiger partial charge in [0.2, 0.25) is 11.8 Å². The highest BCUT2D eigenvalue weighted by atomic mass is 19.1. The quantitative estimate of drug-likeness (QED) is 0.766. The highest BCUT2D eigenvalue weighted by Gasteiger charge is 2.32. The first kappa shape index (κ1) is 16.4. The van der Waals surface area contributed by atoms with Crippen LogP contribution in [-0.2, 0) is 4.79 Å². The zero-order valence-electron chi connectivity index (χ0n) is 14.0. The summed E-state index contributed by atoms with van der Waals surface area (Å²) in [4.78, 5) is 28.7. The molecule has 0 aromatic carbocycles. The standard InChI is InChI=1S/C18H22FN3O3/c19-12-7-15(20-8-12)17(24)22-16(23)14-6-5-13(11-3-4-11)18(21-14)25-9-10-1-2-10/h5-6,10-12,15,20H,1-4,7-9H2,(H,22,23,24)/t12-,15+/m1/s1. The molecule has 2 saturated carbocycles. The number of carbonyl (C=O) groups is 2. The molecular weight excluding hydrogens is 325 g/mol. The first-order valence-corrected chi connectivity index (χ1v) is 8.96. The molecule has 2 heterocycles. The molecule has 4 rings (SSSR count). The fraction of sp³-hybridized carbons (Fsp3) is 0.611. The third-order valence-electron chi connectivity index (χ3n) is 4.92. The molecule has 0 bridgehead atoms. The second-order valence-electron chi connectivity index (χ2n) is 7.23. The molecule has 1 aliphatic heterocycles. The predicted molar refractivity (Wildman–Crippen MR) is 88.2 cm³/mol. The number of pyridine rings is 1. The Hall–Kier alpha value is -2.02. The van der Waals surface area contributed by atoms with Crippen LogP contribution in [0.4, 0.5) is 4.39 Å². The molecule has 1 aromatic heterocycles. The molecular formula is C18H22FN3O3. The van der Waals surface area contributed by atoms with Crippen LogP contribution >= 0.6 is 0 Å². The number of amides is 2. The van der Waals surface area contributed by atoms with Crippen LogP contribution in [0, 0.1) is 5.92 Å². The molecule has 2 N–H and O–H groups in total. The van der Waals surface area contributed by atoms with E-state index in [1.807, 2.05) is 6.07 Å². The Morgan fingerprint density at radius 3 is 2.72 bits per heavy atom. The molecule has 25 heavy (non-hydrogen) atoms. The first-order valence-electron chi connectivity index (χ1n) is 8.96. The largest absolute Gasteiger partial charge is 0.477 e. The fourth-order valence-electron chi connectivity index (χ4n) is 3.03. The number of rotatable bonds is 6. The van der Waals surface area contributed by atoms with Crippen molar-refractivity contribution in [3.63, 3.8) is 0 Å². The average molecular weight is 347 g/mol. The maximum absolute atomic E-state index is 13.2. The van der Waals surface area contributed by atoms with Crippen LogP contribution in [0.15, 0.2) is 12.1 Å². The summed E-state index contributed by atoms with van der Waals surface area (Å²) >= 11 is 0. The van der Waals surface area contributed by atoms with E-state index in [1.165, 1.54) is 12.8 Å². The number of carbonyl (C=O) groups excluding carboxylic acids is 2. The molecule has 6 nitrogen and oxygen atoms in total. The smallest absolute Gasteiger partial charge is 0.276 e. The van der Waals surface area contributed by atoms with Crippen LogP contribution in [0.2, 0.25) is 0 Å². The van der Waals surface area contributed by atoms with Gasteiger partial charge in [-0.3, -0.25) is 14.9 Å². The minimum absolute atomic E-state index is 0.0862. The fourth-order valence-corrected chi connectivity index (χ4v) is 3.03. The van der Waals surface area contributed by atoms with Gasteiger partial charge in [0.25, 0.3) is 5.91 Å². The molecule has 3 fully saturated rings. The van der Waals surface area contributed by atoms with Gasteiger partial charge in [0.15, 0.2) is 0 Å². The Labute approximate surface area is 145 Å². The Bertz CT molecular complexity index is 688. The number of hydrogen-bond donors (Lipinski definition) is 2. The lowest BCUT2D eigenvalue weighted by atomic mass is 10.1. The van der Waals surface area contributed by atoms with E-state index in [-0.39, 0.29) is 18.7 Å². The van der Waals surface area contributed by atoms with Crippen molar-refractivity contribution < 1.29 is 18.7 Å². The second kappa shape index (κ2) is 6.71. The summed E-state index contributed by atoms with van der Waals surface area (Å²) in [5, 5.41) is 5.06. The van der Waals surface area contributed by atoms with Crippen LogP contribution in [0.25, 0.3) is 0 Å². The third-order valence-corrected chi connectivity index (χ3v) is 4.92. The van der Waals surface area contributed by atoms with Crippen LogP contribution in [0.5, 0.6) is 5.88 Å². The van der Waals surface area contributed by atoms with Crippen LogP contribution in [-0.4, -0.2) is 42.2 Å². The van der Waals surface area contributed by atoms with E-state index in [2.05, 4.69) is 15.6 Å². The van der Waals surface area contributed by atoms with E-state index in [0.29, 0.717) is 24.3 Å². The molecule has 0 spiro atoms. The molecule has 2 atom stereocenters. The monoisotopic (exact) mass is 347 g/mol. The van der Waals surface area contributed by atoms with Gasteiger partial charge in [-0.05, 0) is 43.6 Å². The molecule has 1 saturated heterocycles. The second-order valence-corrected chi connectivity index (χ2v) is 7.23. The van der Waals surface area contributed by atoms with E-state index >= 15 is 0 Å². The SMILES string of the molecule is O=C(NC(=O)[C@@H]1C[C@@H](F)CN1)c1ccc(C2CC2)c(OCC2CC2)n1. The lowest BCUT2D eigenvalue weighted by Gasteiger charge is -2.13. The van der Waals surface area contributed by atoms with Gasteiger partial charge in [0, 0.05) is 18.5 Å². The lowest BCUT2D eigenvalue weighted by Crippen LogP contribution is -2.43. The predicted octanol–water partition coefficient (Wildman–Crippen LogP) is 1.70. The van der Waals surface area contributed by atoms with Gasteiger partial charge >= 0.3 is 0 Å². The molecule has 7 heteroatoms. The van der Waals surface area contributed by atoms with Gasteiger partial charge in [0.05, 0.1) is 12.6 Å². The number of hydrogen-bond acceptors (Lipinski definition) is 5. The van der Waals surface area contributed by atoms with Gasteiger partial charge in [0.1, 0.15) is 11.9 Å². The van der Waals surface area contributed by atoms with Crippen molar-refractivity contribution >= 4 is 11.8 Å². The summed E-state index contributed by atoms with van der Waals surface area (Å²) in [6.07, 6.45) is 3.62. The Morgan fingerprint density at radius 2 is 2.08 bits per heavy atom. The highest BCUT2D eigenvalue weighted by molar-refractivity contribution is 6.05. The van der Waals surface area contributed by atoms with E-state index in [9.17, 15) is 14.0 Å². The minimum Gasteiger partial charge on any atom is -0.477 e. The van der Waals surface area contributed by atoms with Gasteiger partial charge in [-0.2, -0.15) is 0 Å². The summed E-state index contributed by atoms with van der Waals surface area (Å²) in [7, 11) is 0. The van der Waals surface area contributed by atoms with E-state index in [1.54, 1.807) is 6.07 Å². The number of halogens is 1. The summed E-state index contributed by atoms with van der Waals surface area (Å²) in [6.45, 7) is 0.764. The van der Waals surface area contributed by atoms with Gasteiger partial charge in [-0.1, -0.05) is 6.07 Å². The van der Waals surface area contributed by atoms with Crippen molar-refractivity contribution in [2.75, 3.05) is 13.2 Å². The molecule has 0 unspecified atom stereocenters. The van der Waals surface area contributed by atoms with Crippen molar-refractivity contribution in [2.24, 2.45) is 5.92 Å². The van der Waals surface area contributed by atoms with E-state index in [0.717, 1.165) is 18.4 Å². The number of ether oxygens (including phenoxy) is 1. The normalized spacial score (nSPS) is 25.6. The maximum atomic E-state index is 13.2. The molecule has 1 aromatic rings. The molecule has 134 valence electrons. The van der Waals surface area contributed by atoms with Gasteiger partial charge < -0.3 is 10.1 Å². The maximum Gasteiger partial charge on any atom is 0.276 e. The summed E-state index contributed by atoms with van der Waals surface area (Å²) in [5.74, 6) is 0.475. The molecule has 3 aliphatic rings. The Morgan fingerprint density at radius 1 is 1.28 bits per heavy atom. The zero-order chi connectivity index (χ0) is 17.4.